The average molecular weight is 144 g/mol. The highest BCUT2D eigenvalue weighted by atomic mass is 32.2. The minimum Gasteiger partial charge on any atom is -0.158 e. The van der Waals surface area contributed by atoms with Crippen molar-refractivity contribution in [2.45, 2.75) is 20.3 Å². The summed E-state index contributed by atoms with van der Waals surface area (Å²) in [5.74, 6) is 3.23. The molecular formula is C8H16S. The third kappa shape index (κ3) is 8.09. The van der Waals surface area contributed by atoms with E-state index in [0.717, 1.165) is 11.7 Å². The SMILES string of the molecule is C=CCSCCC(C)C. The first kappa shape index (κ1) is 9.09. The van der Waals surface area contributed by atoms with Crippen LogP contribution < -0.4 is 0 Å². The van der Waals surface area contributed by atoms with E-state index in [1.807, 2.05) is 17.8 Å². The number of rotatable bonds is 5. The predicted molar refractivity (Wildman–Crippen MR) is 47.0 cm³/mol. The van der Waals surface area contributed by atoms with Crippen LogP contribution in [0.4, 0.5) is 0 Å². The average Bonchev–Trinajstić information content (AvgIpc) is 1.80. The standard InChI is InChI=1S/C8H16S/c1-4-6-9-7-5-8(2)3/h4,8H,1,5-7H2,2-3H3. The summed E-state index contributed by atoms with van der Waals surface area (Å²) < 4.78 is 0. The molecule has 0 saturated carbocycles. The molecule has 0 aliphatic heterocycles. The molecule has 0 heterocycles. The summed E-state index contributed by atoms with van der Waals surface area (Å²) in [6.07, 6.45) is 3.30. The van der Waals surface area contributed by atoms with Crippen LogP contribution >= 0.6 is 11.8 Å². The van der Waals surface area contributed by atoms with E-state index >= 15 is 0 Å². The molecule has 0 aromatic heterocycles. The topological polar surface area (TPSA) is 0 Å². The van der Waals surface area contributed by atoms with Gasteiger partial charge in [-0.15, -0.1) is 6.58 Å². The summed E-state index contributed by atoms with van der Waals surface area (Å²) in [7, 11) is 0. The Morgan fingerprint density at radius 2 is 2.22 bits per heavy atom. The lowest BCUT2D eigenvalue weighted by atomic mass is 10.2. The molecule has 0 aromatic rings. The predicted octanol–water partition coefficient (Wildman–Crippen LogP) is 2.95. The lowest BCUT2D eigenvalue weighted by molar-refractivity contribution is 0.632. The molecule has 0 fully saturated rings. The van der Waals surface area contributed by atoms with Crippen molar-refractivity contribution < 1.29 is 0 Å². The number of hydrogen-bond acceptors (Lipinski definition) is 1. The van der Waals surface area contributed by atoms with Gasteiger partial charge in [0.05, 0.1) is 0 Å². The fraction of sp³-hybridized carbons (Fsp3) is 0.750. The summed E-state index contributed by atoms with van der Waals surface area (Å²) in [5, 5.41) is 0. The Morgan fingerprint density at radius 1 is 1.56 bits per heavy atom. The maximum Gasteiger partial charge on any atom is 0.0110 e. The largest absolute Gasteiger partial charge is 0.158 e. The van der Waals surface area contributed by atoms with Gasteiger partial charge in [-0.2, -0.15) is 11.8 Å². The third-order valence-corrected chi connectivity index (χ3v) is 2.07. The van der Waals surface area contributed by atoms with Gasteiger partial charge in [-0.1, -0.05) is 19.9 Å². The molecule has 0 N–H and O–H groups in total. The Labute approximate surface area is 62.7 Å². The molecule has 0 unspecified atom stereocenters. The van der Waals surface area contributed by atoms with Gasteiger partial charge in [0, 0.05) is 5.75 Å². The van der Waals surface area contributed by atoms with E-state index < -0.39 is 0 Å². The highest BCUT2D eigenvalue weighted by molar-refractivity contribution is 7.99. The van der Waals surface area contributed by atoms with E-state index in [-0.39, 0.29) is 0 Å². The molecule has 0 radical (unpaired) electrons. The van der Waals surface area contributed by atoms with Crippen LogP contribution in [0.5, 0.6) is 0 Å². The van der Waals surface area contributed by atoms with Crippen LogP contribution in [0.25, 0.3) is 0 Å². The first-order chi connectivity index (χ1) is 4.27. The molecule has 0 bridgehead atoms. The molecule has 0 rings (SSSR count). The molecule has 0 atom stereocenters. The van der Waals surface area contributed by atoms with E-state index in [0.29, 0.717) is 0 Å². The van der Waals surface area contributed by atoms with Crippen molar-refractivity contribution in [3.05, 3.63) is 12.7 Å². The highest BCUT2D eigenvalue weighted by Gasteiger charge is 1.91. The highest BCUT2D eigenvalue weighted by Crippen LogP contribution is 2.07. The quantitative estimate of drug-likeness (QED) is 0.422. The Balaban J connectivity index is 2.82. The van der Waals surface area contributed by atoms with Gasteiger partial charge in [-0.05, 0) is 18.1 Å². The molecule has 0 aliphatic carbocycles. The lowest BCUT2D eigenvalue weighted by Gasteiger charge is -2.01. The molecular weight excluding hydrogens is 128 g/mol. The Bertz CT molecular complexity index is 67.0. The van der Waals surface area contributed by atoms with Crippen LogP contribution in [0.1, 0.15) is 20.3 Å². The molecule has 0 aliphatic rings. The minimum absolute atomic E-state index is 0.849. The fourth-order valence-electron chi connectivity index (χ4n) is 0.486. The molecule has 54 valence electrons. The smallest absolute Gasteiger partial charge is 0.0110 e. The van der Waals surface area contributed by atoms with Crippen molar-refractivity contribution in [1.82, 2.24) is 0 Å². The van der Waals surface area contributed by atoms with Crippen molar-refractivity contribution in [2.75, 3.05) is 11.5 Å². The van der Waals surface area contributed by atoms with Crippen LogP contribution in [-0.4, -0.2) is 11.5 Å². The normalized spacial score (nSPS) is 10.1. The van der Waals surface area contributed by atoms with Crippen LogP contribution in [0.2, 0.25) is 0 Å². The zero-order chi connectivity index (χ0) is 7.11. The van der Waals surface area contributed by atoms with Crippen molar-refractivity contribution in [2.24, 2.45) is 5.92 Å². The fourth-order valence-corrected chi connectivity index (χ4v) is 1.46. The maximum absolute atomic E-state index is 3.66. The van der Waals surface area contributed by atoms with Gasteiger partial charge in [0.2, 0.25) is 0 Å². The van der Waals surface area contributed by atoms with E-state index in [1.54, 1.807) is 0 Å². The van der Waals surface area contributed by atoms with Crippen LogP contribution in [0.15, 0.2) is 12.7 Å². The third-order valence-electron chi connectivity index (χ3n) is 1.08. The van der Waals surface area contributed by atoms with E-state index in [9.17, 15) is 0 Å². The summed E-state index contributed by atoms with van der Waals surface area (Å²) in [6.45, 7) is 8.17. The monoisotopic (exact) mass is 144 g/mol. The van der Waals surface area contributed by atoms with Crippen molar-refractivity contribution in [1.29, 1.82) is 0 Å². The van der Waals surface area contributed by atoms with Gasteiger partial charge in [0.25, 0.3) is 0 Å². The van der Waals surface area contributed by atoms with Gasteiger partial charge in [-0.25, -0.2) is 0 Å². The van der Waals surface area contributed by atoms with Gasteiger partial charge in [0.1, 0.15) is 0 Å². The van der Waals surface area contributed by atoms with Crippen LogP contribution in [0.3, 0.4) is 0 Å². The van der Waals surface area contributed by atoms with E-state index in [1.165, 1.54) is 12.2 Å². The maximum atomic E-state index is 3.66. The summed E-state index contributed by atoms with van der Waals surface area (Å²) in [4.78, 5) is 0. The Kier molecular flexibility index (Phi) is 6.28. The molecule has 0 aromatic carbocycles. The summed E-state index contributed by atoms with van der Waals surface area (Å²) in [5.41, 5.74) is 0. The molecule has 0 amide bonds. The Hall–Kier alpha value is 0.0900. The summed E-state index contributed by atoms with van der Waals surface area (Å²) >= 11 is 1.96. The lowest BCUT2D eigenvalue weighted by Crippen LogP contribution is -1.89. The van der Waals surface area contributed by atoms with E-state index in [2.05, 4.69) is 20.4 Å². The second kappa shape index (κ2) is 6.21. The molecule has 1 heteroatoms. The first-order valence-electron chi connectivity index (χ1n) is 3.46. The zero-order valence-electron chi connectivity index (χ0n) is 6.39. The van der Waals surface area contributed by atoms with Crippen LogP contribution in [0, 0.1) is 5.92 Å². The minimum atomic E-state index is 0.849. The summed E-state index contributed by atoms with van der Waals surface area (Å²) in [6, 6.07) is 0. The van der Waals surface area contributed by atoms with Crippen molar-refractivity contribution >= 4 is 11.8 Å². The van der Waals surface area contributed by atoms with E-state index in [4.69, 9.17) is 0 Å². The number of hydrogen-bond donors (Lipinski definition) is 0. The molecule has 0 nitrogen and oxygen atoms in total. The molecule has 0 saturated heterocycles. The van der Waals surface area contributed by atoms with Gasteiger partial charge in [-0.3, -0.25) is 0 Å². The Morgan fingerprint density at radius 3 is 2.67 bits per heavy atom. The van der Waals surface area contributed by atoms with Gasteiger partial charge >= 0.3 is 0 Å². The van der Waals surface area contributed by atoms with Crippen LogP contribution in [-0.2, 0) is 0 Å². The van der Waals surface area contributed by atoms with Crippen molar-refractivity contribution in [3.8, 4) is 0 Å². The zero-order valence-corrected chi connectivity index (χ0v) is 7.21. The number of thioether (sulfide) groups is 1. The van der Waals surface area contributed by atoms with Crippen molar-refractivity contribution in [3.63, 3.8) is 0 Å². The second-order valence-electron chi connectivity index (χ2n) is 2.55. The molecule has 9 heavy (non-hydrogen) atoms. The second-order valence-corrected chi connectivity index (χ2v) is 3.70. The molecule has 0 spiro atoms. The van der Waals surface area contributed by atoms with Gasteiger partial charge in [0.15, 0.2) is 0 Å². The van der Waals surface area contributed by atoms with Gasteiger partial charge < -0.3 is 0 Å². The first-order valence-corrected chi connectivity index (χ1v) is 4.61.